The van der Waals surface area contributed by atoms with E-state index in [0.717, 1.165) is 24.3 Å². The third-order valence-corrected chi connectivity index (χ3v) is 4.87. The quantitative estimate of drug-likeness (QED) is 0.817. The number of ether oxygens (including phenoxy) is 1. The van der Waals surface area contributed by atoms with Gasteiger partial charge in [-0.1, -0.05) is 37.3 Å². The number of hydrogen-bond acceptors (Lipinski definition) is 5. The Morgan fingerprint density at radius 2 is 2.09 bits per heavy atom. The Hall–Kier alpha value is -1.62. The van der Waals surface area contributed by atoms with Crippen LogP contribution in [0.15, 0.2) is 30.3 Å². The van der Waals surface area contributed by atoms with Gasteiger partial charge in [0, 0.05) is 12.6 Å². The maximum Gasteiger partial charge on any atom is 0.271 e. The van der Waals surface area contributed by atoms with Crippen molar-refractivity contribution in [3.05, 3.63) is 35.9 Å². The van der Waals surface area contributed by atoms with Crippen molar-refractivity contribution in [3.63, 3.8) is 0 Å². The molecule has 0 aliphatic carbocycles. The minimum atomic E-state index is -0.0197. The molecule has 1 fully saturated rings. The lowest BCUT2D eigenvalue weighted by molar-refractivity contribution is 0.219. The number of aromatic nitrogens is 2. The highest BCUT2D eigenvalue weighted by Gasteiger charge is 2.27. The molecule has 0 bridgehead atoms. The highest BCUT2D eigenvalue weighted by molar-refractivity contribution is 6.99. The first-order valence-electron chi connectivity index (χ1n) is 8.10. The molecule has 0 saturated carbocycles. The molecule has 0 amide bonds. The van der Waals surface area contributed by atoms with Gasteiger partial charge in [-0.2, -0.15) is 4.37 Å². The standard InChI is InChI=1S/C17H23N3OS/c1-3-15-11-7-8-12-20(15)16-17(19-22-18-16)21-13(2)14-9-5-4-6-10-14/h4-6,9-10,13,15H,3,7-8,11-12H2,1-2H3. The molecule has 22 heavy (non-hydrogen) atoms. The molecule has 118 valence electrons. The average molecular weight is 317 g/mol. The van der Waals surface area contributed by atoms with Crippen LogP contribution < -0.4 is 9.64 Å². The van der Waals surface area contributed by atoms with Gasteiger partial charge in [0.15, 0.2) is 0 Å². The zero-order valence-corrected chi connectivity index (χ0v) is 14.1. The molecule has 0 spiro atoms. The normalized spacial score (nSPS) is 19.9. The van der Waals surface area contributed by atoms with Gasteiger partial charge in [-0.25, -0.2) is 0 Å². The van der Waals surface area contributed by atoms with E-state index in [1.54, 1.807) is 0 Å². The van der Waals surface area contributed by atoms with Gasteiger partial charge >= 0.3 is 0 Å². The predicted molar refractivity (Wildman–Crippen MR) is 90.7 cm³/mol. The fourth-order valence-corrected chi connectivity index (χ4v) is 3.59. The number of hydrogen-bond donors (Lipinski definition) is 0. The summed E-state index contributed by atoms with van der Waals surface area (Å²) in [6.07, 6.45) is 4.89. The van der Waals surface area contributed by atoms with Crippen molar-refractivity contribution in [1.82, 2.24) is 8.75 Å². The third-order valence-electron chi connectivity index (χ3n) is 4.37. The summed E-state index contributed by atoms with van der Waals surface area (Å²) in [6, 6.07) is 10.8. The zero-order valence-electron chi connectivity index (χ0n) is 13.2. The summed E-state index contributed by atoms with van der Waals surface area (Å²) in [5.74, 6) is 1.61. The zero-order chi connectivity index (χ0) is 15.4. The van der Waals surface area contributed by atoms with Crippen LogP contribution in [0.5, 0.6) is 5.88 Å². The van der Waals surface area contributed by atoms with Gasteiger partial charge in [0.1, 0.15) is 6.10 Å². The molecular weight excluding hydrogens is 294 g/mol. The van der Waals surface area contributed by atoms with E-state index in [-0.39, 0.29) is 6.10 Å². The molecule has 1 aromatic carbocycles. The third kappa shape index (κ3) is 3.24. The molecule has 2 aromatic rings. The molecular formula is C17H23N3OS. The van der Waals surface area contributed by atoms with Crippen molar-refractivity contribution in [3.8, 4) is 5.88 Å². The van der Waals surface area contributed by atoms with Crippen molar-refractivity contribution in [2.24, 2.45) is 0 Å². The molecule has 4 nitrogen and oxygen atoms in total. The van der Waals surface area contributed by atoms with Gasteiger partial charge in [-0.05, 0) is 38.2 Å². The van der Waals surface area contributed by atoms with Crippen LogP contribution in [0.3, 0.4) is 0 Å². The second-order valence-electron chi connectivity index (χ2n) is 5.81. The van der Waals surface area contributed by atoms with E-state index in [1.165, 1.54) is 31.0 Å². The van der Waals surface area contributed by atoms with Crippen LogP contribution >= 0.6 is 11.7 Å². The first-order chi connectivity index (χ1) is 10.8. The maximum absolute atomic E-state index is 6.11. The van der Waals surface area contributed by atoms with Crippen molar-refractivity contribution >= 4 is 17.5 Å². The summed E-state index contributed by atoms with van der Waals surface area (Å²) in [4.78, 5) is 2.39. The Morgan fingerprint density at radius 3 is 2.86 bits per heavy atom. The van der Waals surface area contributed by atoms with Crippen LogP contribution in [-0.4, -0.2) is 21.3 Å². The SMILES string of the molecule is CCC1CCCCN1c1nsnc1OC(C)c1ccccc1. The summed E-state index contributed by atoms with van der Waals surface area (Å²) in [7, 11) is 0. The van der Waals surface area contributed by atoms with Crippen LogP contribution in [-0.2, 0) is 0 Å². The van der Waals surface area contributed by atoms with Crippen LogP contribution in [0.4, 0.5) is 5.82 Å². The van der Waals surface area contributed by atoms with E-state index < -0.39 is 0 Å². The smallest absolute Gasteiger partial charge is 0.271 e. The predicted octanol–water partition coefficient (Wildman–Crippen LogP) is 4.45. The Bertz CT molecular complexity index is 587. The summed E-state index contributed by atoms with van der Waals surface area (Å²) >= 11 is 1.24. The fraction of sp³-hybridized carbons (Fsp3) is 0.529. The van der Waals surface area contributed by atoms with Crippen LogP contribution in [0.25, 0.3) is 0 Å². The van der Waals surface area contributed by atoms with E-state index in [0.29, 0.717) is 11.9 Å². The lowest BCUT2D eigenvalue weighted by Gasteiger charge is -2.35. The van der Waals surface area contributed by atoms with Crippen LogP contribution in [0, 0.1) is 0 Å². The van der Waals surface area contributed by atoms with Crippen molar-refractivity contribution in [1.29, 1.82) is 0 Å². The van der Waals surface area contributed by atoms with Gasteiger partial charge in [-0.3, -0.25) is 0 Å². The summed E-state index contributed by atoms with van der Waals surface area (Å²) in [6.45, 7) is 5.36. The minimum absolute atomic E-state index is 0.0197. The number of benzene rings is 1. The Balaban J connectivity index is 1.77. The van der Waals surface area contributed by atoms with Crippen molar-refractivity contribution in [2.75, 3.05) is 11.4 Å². The van der Waals surface area contributed by atoms with E-state index in [9.17, 15) is 0 Å². The van der Waals surface area contributed by atoms with Crippen molar-refractivity contribution in [2.45, 2.75) is 51.7 Å². The maximum atomic E-state index is 6.11. The topological polar surface area (TPSA) is 38.2 Å². The van der Waals surface area contributed by atoms with E-state index in [1.807, 2.05) is 18.2 Å². The molecule has 5 heteroatoms. The molecule has 1 aliphatic rings. The molecule has 2 heterocycles. The molecule has 1 saturated heterocycles. The largest absolute Gasteiger partial charge is 0.467 e. The van der Waals surface area contributed by atoms with Gasteiger partial charge < -0.3 is 9.64 Å². The van der Waals surface area contributed by atoms with Gasteiger partial charge in [0.25, 0.3) is 5.88 Å². The Labute approximate surface area is 136 Å². The number of nitrogens with zero attached hydrogens (tertiary/aromatic N) is 3. The van der Waals surface area contributed by atoms with Crippen molar-refractivity contribution < 1.29 is 4.74 Å². The van der Waals surface area contributed by atoms with E-state index in [2.05, 4.69) is 39.6 Å². The Morgan fingerprint density at radius 1 is 1.27 bits per heavy atom. The molecule has 3 rings (SSSR count). The highest BCUT2D eigenvalue weighted by atomic mass is 32.1. The summed E-state index contributed by atoms with van der Waals surface area (Å²) in [5.41, 5.74) is 1.16. The summed E-state index contributed by atoms with van der Waals surface area (Å²) < 4.78 is 15.0. The fourth-order valence-electron chi connectivity index (χ4n) is 3.09. The van der Waals surface area contributed by atoms with Crippen LogP contribution in [0.2, 0.25) is 0 Å². The average Bonchev–Trinajstić information content (AvgIpc) is 3.03. The summed E-state index contributed by atoms with van der Waals surface area (Å²) in [5, 5.41) is 0. The lowest BCUT2D eigenvalue weighted by Crippen LogP contribution is -2.39. The second kappa shape index (κ2) is 7.09. The van der Waals surface area contributed by atoms with E-state index in [4.69, 9.17) is 4.74 Å². The molecule has 0 radical (unpaired) electrons. The molecule has 0 N–H and O–H groups in total. The lowest BCUT2D eigenvalue weighted by atomic mass is 10.0. The van der Waals surface area contributed by atoms with Gasteiger partial charge in [-0.15, -0.1) is 4.37 Å². The highest BCUT2D eigenvalue weighted by Crippen LogP contribution is 2.34. The molecule has 2 atom stereocenters. The first-order valence-corrected chi connectivity index (χ1v) is 8.83. The van der Waals surface area contributed by atoms with E-state index >= 15 is 0 Å². The van der Waals surface area contributed by atoms with Gasteiger partial charge in [0.05, 0.1) is 11.7 Å². The Kier molecular flexibility index (Phi) is 4.93. The monoisotopic (exact) mass is 317 g/mol. The van der Waals surface area contributed by atoms with Crippen LogP contribution in [0.1, 0.15) is 51.2 Å². The minimum Gasteiger partial charge on any atom is -0.467 e. The first kappa shape index (κ1) is 15.3. The number of piperidine rings is 1. The molecule has 1 aliphatic heterocycles. The number of anilines is 1. The second-order valence-corrected chi connectivity index (χ2v) is 6.34. The molecule has 1 aromatic heterocycles. The number of rotatable bonds is 5. The molecule has 2 unspecified atom stereocenters. The van der Waals surface area contributed by atoms with Gasteiger partial charge in [0.2, 0.25) is 5.82 Å².